The van der Waals surface area contributed by atoms with E-state index in [1.54, 1.807) is 0 Å². The molecule has 0 radical (unpaired) electrons. The molecular formula is C9H19NO. The van der Waals surface area contributed by atoms with Gasteiger partial charge in [-0.2, -0.15) is 0 Å². The van der Waals surface area contributed by atoms with Crippen LogP contribution in [0.5, 0.6) is 0 Å². The second-order valence-electron chi connectivity index (χ2n) is 4.28. The Morgan fingerprint density at radius 1 is 1.55 bits per heavy atom. The molecule has 1 unspecified atom stereocenters. The highest BCUT2D eigenvalue weighted by molar-refractivity contribution is 4.86. The van der Waals surface area contributed by atoms with Crippen molar-refractivity contribution in [2.24, 2.45) is 5.41 Å². The van der Waals surface area contributed by atoms with Crippen LogP contribution in [0.4, 0.5) is 0 Å². The van der Waals surface area contributed by atoms with E-state index in [9.17, 15) is 0 Å². The first-order valence-corrected chi connectivity index (χ1v) is 4.42. The van der Waals surface area contributed by atoms with Crippen LogP contribution in [0.3, 0.4) is 0 Å². The van der Waals surface area contributed by atoms with Crippen molar-refractivity contribution in [3.05, 3.63) is 0 Å². The van der Waals surface area contributed by atoms with E-state index in [4.69, 9.17) is 5.11 Å². The van der Waals surface area contributed by atoms with Gasteiger partial charge >= 0.3 is 0 Å². The SMILES string of the molecule is CC(C)N1CCC(C)(CO)C1. The van der Waals surface area contributed by atoms with Crippen LogP contribution in [-0.2, 0) is 0 Å². The third-order valence-corrected chi connectivity index (χ3v) is 2.70. The highest BCUT2D eigenvalue weighted by Crippen LogP contribution is 2.29. The predicted molar refractivity (Wildman–Crippen MR) is 46.5 cm³/mol. The number of nitrogens with zero attached hydrogens (tertiary/aromatic N) is 1. The van der Waals surface area contributed by atoms with Crippen LogP contribution in [0.1, 0.15) is 27.2 Å². The molecule has 1 heterocycles. The summed E-state index contributed by atoms with van der Waals surface area (Å²) < 4.78 is 0. The third kappa shape index (κ3) is 1.94. The lowest BCUT2D eigenvalue weighted by Crippen LogP contribution is -2.32. The van der Waals surface area contributed by atoms with Crippen LogP contribution >= 0.6 is 0 Å². The first-order chi connectivity index (χ1) is 5.07. The van der Waals surface area contributed by atoms with Crippen LogP contribution in [0.15, 0.2) is 0 Å². The van der Waals surface area contributed by atoms with Gasteiger partial charge in [0.2, 0.25) is 0 Å². The number of hydrogen-bond donors (Lipinski definition) is 1. The Balaban J connectivity index is 2.46. The molecular weight excluding hydrogens is 138 g/mol. The van der Waals surface area contributed by atoms with E-state index in [-0.39, 0.29) is 5.41 Å². The zero-order valence-electron chi connectivity index (χ0n) is 7.80. The summed E-state index contributed by atoms with van der Waals surface area (Å²) in [4.78, 5) is 2.43. The maximum atomic E-state index is 9.10. The molecule has 1 saturated heterocycles. The van der Waals surface area contributed by atoms with Crippen molar-refractivity contribution in [1.29, 1.82) is 0 Å². The Morgan fingerprint density at radius 3 is 2.45 bits per heavy atom. The molecule has 2 heteroatoms. The molecule has 1 N–H and O–H groups in total. The van der Waals surface area contributed by atoms with E-state index in [2.05, 4.69) is 25.7 Å². The van der Waals surface area contributed by atoms with Gasteiger partial charge in [0.25, 0.3) is 0 Å². The van der Waals surface area contributed by atoms with Crippen molar-refractivity contribution in [3.8, 4) is 0 Å². The van der Waals surface area contributed by atoms with Gasteiger partial charge in [-0.3, -0.25) is 0 Å². The Morgan fingerprint density at radius 2 is 2.18 bits per heavy atom. The van der Waals surface area contributed by atoms with Gasteiger partial charge in [-0.15, -0.1) is 0 Å². The Kier molecular flexibility index (Phi) is 2.55. The van der Waals surface area contributed by atoms with Crippen LogP contribution in [-0.4, -0.2) is 35.7 Å². The highest BCUT2D eigenvalue weighted by Gasteiger charge is 2.33. The topological polar surface area (TPSA) is 23.5 Å². The Hall–Kier alpha value is -0.0800. The van der Waals surface area contributed by atoms with E-state index in [1.807, 2.05) is 0 Å². The lowest BCUT2D eigenvalue weighted by atomic mass is 9.91. The fraction of sp³-hybridized carbons (Fsp3) is 1.00. The van der Waals surface area contributed by atoms with E-state index in [1.165, 1.54) is 0 Å². The van der Waals surface area contributed by atoms with E-state index in [0.717, 1.165) is 19.5 Å². The summed E-state index contributed by atoms with van der Waals surface area (Å²) in [5.41, 5.74) is 0.171. The summed E-state index contributed by atoms with van der Waals surface area (Å²) in [6.07, 6.45) is 1.14. The average Bonchev–Trinajstić information content (AvgIpc) is 2.33. The molecule has 0 aliphatic carbocycles. The third-order valence-electron chi connectivity index (χ3n) is 2.70. The normalized spacial score (nSPS) is 33.5. The van der Waals surface area contributed by atoms with Crippen molar-refractivity contribution in [3.63, 3.8) is 0 Å². The monoisotopic (exact) mass is 157 g/mol. The van der Waals surface area contributed by atoms with Gasteiger partial charge in [0, 0.05) is 24.6 Å². The Bertz CT molecular complexity index is 136. The number of likely N-dealkylation sites (tertiary alicyclic amines) is 1. The lowest BCUT2D eigenvalue weighted by Gasteiger charge is -2.24. The molecule has 66 valence electrons. The van der Waals surface area contributed by atoms with Gasteiger partial charge in [0.15, 0.2) is 0 Å². The maximum Gasteiger partial charge on any atom is 0.0497 e. The summed E-state index contributed by atoms with van der Waals surface area (Å²) in [6.45, 7) is 9.12. The van der Waals surface area contributed by atoms with Gasteiger partial charge < -0.3 is 10.0 Å². The molecule has 2 nitrogen and oxygen atoms in total. The minimum atomic E-state index is 0.171. The minimum absolute atomic E-state index is 0.171. The van der Waals surface area contributed by atoms with Gasteiger partial charge in [-0.05, 0) is 26.8 Å². The summed E-state index contributed by atoms with van der Waals surface area (Å²) in [5.74, 6) is 0. The first kappa shape index (κ1) is 9.01. The zero-order valence-corrected chi connectivity index (χ0v) is 7.80. The van der Waals surface area contributed by atoms with E-state index in [0.29, 0.717) is 12.6 Å². The summed E-state index contributed by atoms with van der Waals surface area (Å²) in [5, 5.41) is 9.10. The van der Waals surface area contributed by atoms with Crippen molar-refractivity contribution >= 4 is 0 Å². The summed E-state index contributed by atoms with van der Waals surface area (Å²) >= 11 is 0. The average molecular weight is 157 g/mol. The molecule has 1 rings (SSSR count). The van der Waals surface area contributed by atoms with Gasteiger partial charge in [-0.1, -0.05) is 6.92 Å². The van der Waals surface area contributed by atoms with Gasteiger partial charge in [0.1, 0.15) is 0 Å². The van der Waals surface area contributed by atoms with E-state index < -0.39 is 0 Å². The van der Waals surface area contributed by atoms with Crippen molar-refractivity contribution < 1.29 is 5.11 Å². The van der Waals surface area contributed by atoms with Crippen LogP contribution in [0, 0.1) is 5.41 Å². The number of aliphatic hydroxyl groups excluding tert-OH is 1. The number of rotatable bonds is 2. The second kappa shape index (κ2) is 3.11. The molecule has 0 bridgehead atoms. The number of aliphatic hydroxyl groups is 1. The minimum Gasteiger partial charge on any atom is -0.396 e. The van der Waals surface area contributed by atoms with Crippen molar-refractivity contribution in [2.75, 3.05) is 19.7 Å². The fourth-order valence-corrected chi connectivity index (χ4v) is 1.63. The largest absolute Gasteiger partial charge is 0.396 e. The molecule has 0 aromatic carbocycles. The molecule has 0 saturated carbocycles. The molecule has 0 spiro atoms. The highest BCUT2D eigenvalue weighted by atomic mass is 16.3. The summed E-state index contributed by atoms with van der Waals surface area (Å²) in [6, 6.07) is 0.628. The smallest absolute Gasteiger partial charge is 0.0497 e. The first-order valence-electron chi connectivity index (χ1n) is 4.42. The Labute approximate surface area is 69.2 Å². The molecule has 1 aliphatic heterocycles. The quantitative estimate of drug-likeness (QED) is 0.649. The van der Waals surface area contributed by atoms with E-state index >= 15 is 0 Å². The molecule has 1 atom stereocenters. The van der Waals surface area contributed by atoms with Gasteiger partial charge in [-0.25, -0.2) is 0 Å². The van der Waals surface area contributed by atoms with Gasteiger partial charge in [0.05, 0.1) is 0 Å². The van der Waals surface area contributed by atoms with Crippen molar-refractivity contribution in [2.45, 2.75) is 33.2 Å². The standard InChI is InChI=1S/C9H19NO/c1-8(2)10-5-4-9(3,6-10)7-11/h8,11H,4-7H2,1-3H3. The second-order valence-corrected chi connectivity index (χ2v) is 4.28. The molecule has 0 aromatic rings. The maximum absolute atomic E-state index is 9.10. The summed E-state index contributed by atoms with van der Waals surface area (Å²) in [7, 11) is 0. The van der Waals surface area contributed by atoms with Crippen LogP contribution in [0.25, 0.3) is 0 Å². The molecule has 1 fully saturated rings. The predicted octanol–water partition coefficient (Wildman–Crippen LogP) is 1.10. The lowest BCUT2D eigenvalue weighted by molar-refractivity contribution is 0.138. The molecule has 11 heavy (non-hydrogen) atoms. The molecule has 1 aliphatic rings. The molecule has 0 aromatic heterocycles. The fourth-order valence-electron chi connectivity index (χ4n) is 1.63. The van der Waals surface area contributed by atoms with Crippen LogP contribution in [0.2, 0.25) is 0 Å². The zero-order chi connectivity index (χ0) is 8.48. The number of hydrogen-bond acceptors (Lipinski definition) is 2. The van der Waals surface area contributed by atoms with Crippen LogP contribution < -0.4 is 0 Å². The molecule has 0 amide bonds. The van der Waals surface area contributed by atoms with Crippen molar-refractivity contribution in [1.82, 2.24) is 4.90 Å².